The third-order valence-electron chi connectivity index (χ3n) is 4.16. The van der Waals surface area contributed by atoms with E-state index < -0.39 is 0 Å². The lowest BCUT2D eigenvalue weighted by Gasteiger charge is -2.14. The van der Waals surface area contributed by atoms with Crippen molar-refractivity contribution >= 4 is 26.8 Å². The molecule has 0 saturated heterocycles. The molecule has 0 fully saturated rings. The highest BCUT2D eigenvalue weighted by Gasteiger charge is 2.11. The second kappa shape index (κ2) is 6.77. The fourth-order valence-corrected chi connectivity index (χ4v) is 3.28. The van der Waals surface area contributed by atoms with Crippen molar-refractivity contribution in [3.05, 3.63) is 68.2 Å². The second-order valence-corrected chi connectivity index (χ2v) is 6.63. The zero-order chi connectivity index (χ0) is 17.3. The standard InChI is InChI=1S/C19H19BrN2O2/c1-4-13-5-6-15(21-10-13)11-22-17-9-18(24-3)16(20)8-14(17)7-12(2)19(22)23/h5-10H,4,11H2,1-3H3. The number of benzene rings is 1. The van der Waals surface area contributed by atoms with E-state index in [-0.39, 0.29) is 5.56 Å². The molecule has 5 heteroatoms. The summed E-state index contributed by atoms with van der Waals surface area (Å²) in [6, 6.07) is 9.81. The summed E-state index contributed by atoms with van der Waals surface area (Å²) in [5.41, 5.74) is 3.60. The van der Waals surface area contributed by atoms with Gasteiger partial charge in [-0.05, 0) is 53.0 Å². The Kier molecular flexibility index (Phi) is 4.71. The first-order chi connectivity index (χ1) is 11.5. The van der Waals surface area contributed by atoms with Crippen molar-refractivity contribution in [2.24, 2.45) is 0 Å². The Hall–Kier alpha value is -2.14. The number of pyridine rings is 2. The van der Waals surface area contributed by atoms with Gasteiger partial charge in [-0.25, -0.2) is 0 Å². The summed E-state index contributed by atoms with van der Waals surface area (Å²) < 4.78 is 8.01. The molecule has 0 aliphatic heterocycles. The highest BCUT2D eigenvalue weighted by molar-refractivity contribution is 9.10. The predicted octanol–water partition coefficient (Wildman–Crippen LogP) is 4.09. The number of ether oxygens (including phenoxy) is 1. The molecule has 0 aliphatic carbocycles. The summed E-state index contributed by atoms with van der Waals surface area (Å²) in [7, 11) is 1.62. The molecule has 3 aromatic rings. The number of methoxy groups -OCH3 is 1. The first-order valence-electron chi connectivity index (χ1n) is 7.85. The maximum Gasteiger partial charge on any atom is 0.254 e. The molecule has 0 bridgehead atoms. The SMILES string of the molecule is CCc1ccc(Cn2c(=O)c(C)cc3cc(Br)c(OC)cc32)nc1. The number of aromatic nitrogens is 2. The summed E-state index contributed by atoms with van der Waals surface area (Å²) in [5.74, 6) is 0.703. The van der Waals surface area contributed by atoms with Crippen molar-refractivity contribution in [1.29, 1.82) is 0 Å². The van der Waals surface area contributed by atoms with Crippen LogP contribution in [0.15, 0.2) is 45.8 Å². The average molecular weight is 387 g/mol. The van der Waals surface area contributed by atoms with Crippen LogP contribution in [0.5, 0.6) is 5.75 Å². The Bertz CT molecular complexity index is 946. The smallest absolute Gasteiger partial charge is 0.254 e. The number of hydrogen-bond acceptors (Lipinski definition) is 3. The lowest BCUT2D eigenvalue weighted by atomic mass is 10.1. The first kappa shape index (κ1) is 16.7. The van der Waals surface area contributed by atoms with E-state index in [0.717, 1.165) is 27.5 Å². The number of nitrogens with zero attached hydrogens (tertiary/aromatic N) is 2. The highest BCUT2D eigenvalue weighted by Crippen LogP contribution is 2.30. The summed E-state index contributed by atoms with van der Waals surface area (Å²) in [6.07, 6.45) is 2.82. The molecule has 3 rings (SSSR count). The second-order valence-electron chi connectivity index (χ2n) is 5.78. The molecule has 4 nitrogen and oxygen atoms in total. The van der Waals surface area contributed by atoms with Crippen molar-refractivity contribution in [1.82, 2.24) is 9.55 Å². The fourth-order valence-electron chi connectivity index (χ4n) is 2.76. The fraction of sp³-hybridized carbons (Fsp3) is 0.263. The van der Waals surface area contributed by atoms with E-state index in [2.05, 4.69) is 33.9 Å². The van der Waals surface area contributed by atoms with E-state index >= 15 is 0 Å². The Labute approximate surface area is 149 Å². The van der Waals surface area contributed by atoms with E-state index in [9.17, 15) is 4.79 Å². The van der Waals surface area contributed by atoms with Gasteiger partial charge in [0.1, 0.15) is 5.75 Å². The van der Waals surface area contributed by atoms with Crippen molar-refractivity contribution in [3.63, 3.8) is 0 Å². The lowest BCUT2D eigenvalue weighted by molar-refractivity contribution is 0.412. The molecular weight excluding hydrogens is 368 g/mol. The van der Waals surface area contributed by atoms with Gasteiger partial charge >= 0.3 is 0 Å². The number of rotatable bonds is 4. The zero-order valence-electron chi connectivity index (χ0n) is 14.0. The molecule has 0 saturated carbocycles. The van der Waals surface area contributed by atoms with Gasteiger partial charge in [-0.1, -0.05) is 13.0 Å². The van der Waals surface area contributed by atoms with Gasteiger partial charge in [-0.2, -0.15) is 0 Å². The molecule has 2 aromatic heterocycles. The van der Waals surface area contributed by atoms with Gasteiger partial charge in [0.25, 0.3) is 5.56 Å². The van der Waals surface area contributed by atoms with E-state index in [1.54, 1.807) is 11.7 Å². The van der Waals surface area contributed by atoms with Gasteiger partial charge in [0, 0.05) is 23.2 Å². The van der Waals surface area contributed by atoms with Crippen LogP contribution in [0.4, 0.5) is 0 Å². The maximum atomic E-state index is 12.7. The van der Waals surface area contributed by atoms with Crippen LogP contribution in [0.1, 0.15) is 23.7 Å². The van der Waals surface area contributed by atoms with Gasteiger partial charge in [-0.3, -0.25) is 9.78 Å². The van der Waals surface area contributed by atoms with Crippen LogP contribution in [-0.4, -0.2) is 16.7 Å². The average Bonchev–Trinajstić information content (AvgIpc) is 2.59. The van der Waals surface area contributed by atoms with E-state index in [1.165, 1.54) is 5.56 Å². The first-order valence-corrected chi connectivity index (χ1v) is 8.64. The van der Waals surface area contributed by atoms with E-state index in [1.807, 2.05) is 37.4 Å². The summed E-state index contributed by atoms with van der Waals surface area (Å²) in [4.78, 5) is 17.2. The number of hydrogen-bond donors (Lipinski definition) is 0. The van der Waals surface area contributed by atoms with Gasteiger partial charge in [0.2, 0.25) is 0 Å². The maximum absolute atomic E-state index is 12.7. The molecule has 1 aromatic carbocycles. The van der Waals surface area contributed by atoms with E-state index in [0.29, 0.717) is 17.9 Å². The van der Waals surface area contributed by atoms with Gasteiger partial charge in [-0.15, -0.1) is 0 Å². The van der Waals surface area contributed by atoms with Gasteiger partial charge in [0.05, 0.1) is 29.3 Å². The molecule has 2 heterocycles. The van der Waals surface area contributed by atoms with Crippen molar-refractivity contribution in [3.8, 4) is 5.75 Å². The predicted molar refractivity (Wildman–Crippen MR) is 99.9 cm³/mol. The normalized spacial score (nSPS) is 11.0. The minimum atomic E-state index is -0.00626. The summed E-state index contributed by atoms with van der Waals surface area (Å²) in [6.45, 7) is 4.37. The van der Waals surface area contributed by atoms with Crippen molar-refractivity contribution in [2.75, 3.05) is 7.11 Å². The van der Waals surface area contributed by atoms with Crippen molar-refractivity contribution in [2.45, 2.75) is 26.8 Å². The van der Waals surface area contributed by atoms with Crippen LogP contribution in [0.3, 0.4) is 0 Å². The van der Waals surface area contributed by atoms with Crippen LogP contribution in [0.25, 0.3) is 10.9 Å². The van der Waals surface area contributed by atoms with Crippen LogP contribution in [0.2, 0.25) is 0 Å². The molecule has 24 heavy (non-hydrogen) atoms. The molecular formula is C19H19BrN2O2. The third kappa shape index (κ3) is 3.08. The summed E-state index contributed by atoms with van der Waals surface area (Å²) >= 11 is 3.50. The molecule has 0 aliphatic rings. The minimum absolute atomic E-state index is 0.00626. The van der Waals surface area contributed by atoms with Gasteiger partial charge < -0.3 is 9.30 Å². The zero-order valence-corrected chi connectivity index (χ0v) is 15.6. The molecule has 0 N–H and O–H groups in total. The topological polar surface area (TPSA) is 44.1 Å². The summed E-state index contributed by atoms with van der Waals surface area (Å²) in [5, 5.41) is 0.991. The molecule has 0 unspecified atom stereocenters. The monoisotopic (exact) mass is 386 g/mol. The van der Waals surface area contributed by atoms with Crippen LogP contribution in [-0.2, 0) is 13.0 Å². The molecule has 0 radical (unpaired) electrons. The largest absolute Gasteiger partial charge is 0.495 e. The van der Waals surface area contributed by atoms with Crippen LogP contribution < -0.4 is 10.3 Å². The van der Waals surface area contributed by atoms with Crippen LogP contribution in [0, 0.1) is 6.92 Å². The number of halogens is 1. The number of aryl methyl sites for hydroxylation is 2. The quantitative estimate of drug-likeness (QED) is 0.678. The third-order valence-corrected chi connectivity index (χ3v) is 4.78. The highest BCUT2D eigenvalue weighted by atomic mass is 79.9. The van der Waals surface area contributed by atoms with Gasteiger partial charge in [0.15, 0.2) is 0 Å². The number of fused-ring (bicyclic) bond motifs is 1. The molecule has 124 valence electrons. The minimum Gasteiger partial charge on any atom is -0.495 e. The molecule has 0 spiro atoms. The Morgan fingerprint density at radius 2 is 2.04 bits per heavy atom. The Morgan fingerprint density at radius 1 is 1.25 bits per heavy atom. The molecule has 0 atom stereocenters. The van der Waals surface area contributed by atoms with E-state index in [4.69, 9.17) is 4.74 Å². The van der Waals surface area contributed by atoms with Crippen molar-refractivity contribution < 1.29 is 4.74 Å². The molecule has 0 amide bonds. The lowest BCUT2D eigenvalue weighted by Crippen LogP contribution is -2.23. The van der Waals surface area contributed by atoms with Crippen LogP contribution >= 0.6 is 15.9 Å². The Balaban J connectivity index is 2.17. The Morgan fingerprint density at radius 3 is 2.67 bits per heavy atom.